The number of likely N-dealkylation sites (tertiary alicyclic amines) is 1. The second-order valence-electron chi connectivity index (χ2n) is 7.60. The van der Waals surface area contributed by atoms with E-state index in [1.54, 1.807) is 11.3 Å². The highest BCUT2D eigenvalue weighted by Crippen LogP contribution is 2.17. The van der Waals surface area contributed by atoms with Gasteiger partial charge < -0.3 is 15.1 Å². The van der Waals surface area contributed by atoms with Gasteiger partial charge in [-0.15, -0.1) is 11.3 Å². The average molecular weight is 400 g/mol. The molecule has 2 aromatic rings. The topological polar surface area (TPSA) is 43.8 Å². The van der Waals surface area contributed by atoms with Crippen molar-refractivity contribution in [3.8, 4) is 0 Å². The Bertz CT molecular complexity index is 742. The number of benzene rings is 1. The number of aliphatic imine (C=N–C) groups is 1. The van der Waals surface area contributed by atoms with E-state index in [0.29, 0.717) is 5.92 Å². The van der Waals surface area contributed by atoms with Gasteiger partial charge in [-0.1, -0.05) is 30.3 Å². The molecule has 1 unspecified atom stereocenters. The van der Waals surface area contributed by atoms with Gasteiger partial charge in [0.1, 0.15) is 0 Å². The number of rotatable bonds is 8. The number of aromatic nitrogens is 1. The Morgan fingerprint density at radius 3 is 2.89 bits per heavy atom. The van der Waals surface area contributed by atoms with Crippen molar-refractivity contribution < 1.29 is 0 Å². The van der Waals surface area contributed by atoms with Crippen LogP contribution < -0.4 is 5.32 Å². The Morgan fingerprint density at radius 1 is 1.36 bits per heavy atom. The highest BCUT2D eigenvalue weighted by molar-refractivity contribution is 7.09. The molecule has 152 valence electrons. The summed E-state index contributed by atoms with van der Waals surface area (Å²) in [6, 6.07) is 10.8. The lowest BCUT2D eigenvalue weighted by Crippen LogP contribution is -2.39. The summed E-state index contributed by atoms with van der Waals surface area (Å²) in [4.78, 5) is 14.3. The fourth-order valence-electron chi connectivity index (χ4n) is 3.68. The summed E-state index contributed by atoms with van der Waals surface area (Å²) in [5.41, 5.74) is 2.54. The molecule has 1 N–H and O–H groups in total. The summed E-state index contributed by atoms with van der Waals surface area (Å²) in [6.07, 6.45) is 2.38. The minimum absolute atomic E-state index is 0.652. The van der Waals surface area contributed by atoms with Gasteiger partial charge in [0.05, 0.1) is 17.2 Å². The zero-order valence-electron chi connectivity index (χ0n) is 17.4. The first-order valence-electron chi connectivity index (χ1n) is 10.3. The number of nitrogens with one attached hydrogen (secondary N) is 1. The molecule has 1 fully saturated rings. The fraction of sp³-hybridized carbons (Fsp3) is 0.545. The minimum Gasteiger partial charge on any atom is -0.357 e. The Labute approximate surface area is 173 Å². The van der Waals surface area contributed by atoms with E-state index in [1.807, 2.05) is 0 Å². The van der Waals surface area contributed by atoms with Gasteiger partial charge in [-0.3, -0.25) is 4.99 Å². The van der Waals surface area contributed by atoms with Gasteiger partial charge in [-0.2, -0.15) is 0 Å². The molecule has 5 nitrogen and oxygen atoms in total. The molecule has 3 rings (SSSR count). The largest absolute Gasteiger partial charge is 0.357 e. The smallest absolute Gasteiger partial charge is 0.194 e. The molecular formula is C22H33N5S. The highest BCUT2D eigenvalue weighted by atomic mass is 32.1. The van der Waals surface area contributed by atoms with Crippen LogP contribution in [0.2, 0.25) is 0 Å². The van der Waals surface area contributed by atoms with E-state index >= 15 is 0 Å². The summed E-state index contributed by atoms with van der Waals surface area (Å²) in [6.45, 7) is 10.2. The van der Waals surface area contributed by atoms with Gasteiger partial charge in [0, 0.05) is 38.6 Å². The second-order valence-corrected chi connectivity index (χ2v) is 8.66. The molecule has 1 atom stereocenters. The molecule has 0 saturated carbocycles. The first-order chi connectivity index (χ1) is 13.6. The lowest BCUT2D eigenvalue weighted by molar-refractivity contribution is 0.329. The third-order valence-electron chi connectivity index (χ3n) is 5.19. The molecule has 1 aliphatic rings. The molecule has 0 aliphatic carbocycles. The fourth-order valence-corrected chi connectivity index (χ4v) is 4.28. The number of nitrogens with zero attached hydrogens (tertiary/aromatic N) is 4. The first-order valence-corrected chi connectivity index (χ1v) is 11.2. The summed E-state index contributed by atoms with van der Waals surface area (Å²) in [5.74, 6) is 1.63. The number of thiazole rings is 1. The van der Waals surface area contributed by atoms with Crippen LogP contribution in [0.25, 0.3) is 0 Å². The molecule has 2 heterocycles. The van der Waals surface area contributed by atoms with Crippen molar-refractivity contribution in [2.24, 2.45) is 10.9 Å². The molecule has 6 heteroatoms. The molecule has 1 aliphatic heterocycles. The van der Waals surface area contributed by atoms with E-state index in [1.165, 1.54) is 18.5 Å². The normalized spacial score (nSPS) is 17.8. The predicted molar refractivity (Wildman–Crippen MR) is 119 cm³/mol. The molecule has 1 saturated heterocycles. The molecule has 1 aromatic heterocycles. The Kier molecular flexibility index (Phi) is 7.86. The van der Waals surface area contributed by atoms with Crippen molar-refractivity contribution >= 4 is 17.3 Å². The van der Waals surface area contributed by atoms with E-state index in [-0.39, 0.29) is 0 Å². The number of hydrogen-bond acceptors (Lipinski definition) is 4. The number of guanidine groups is 1. The molecule has 0 radical (unpaired) electrons. The summed E-state index contributed by atoms with van der Waals surface area (Å²) < 4.78 is 0. The van der Waals surface area contributed by atoms with Crippen LogP contribution in [0.4, 0.5) is 0 Å². The number of aryl methyl sites for hydroxylation is 1. The Morgan fingerprint density at radius 2 is 2.18 bits per heavy atom. The van der Waals surface area contributed by atoms with Gasteiger partial charge in [-0.25, -0.2) is 4.98 Å². The lowest BCUT2D eigenvalue weighted by atomic mass is 10.1. The monoisotopic (exact) mass is 399 g/mol. The van der Waals surface area contributed by atoms with E-state index in [4.69, 9.17) is 4.99 Å². The average Bonchev–Trinajstić information content (AvgIpc) is 3.33. The van der Waals surface area contributed by atoms with Gasteiger partial charge in [0.2, 0.25) is 0 Å². The standard InChI is InChI=1S/C22H33N5S/c1-4-23-22(26(3)16-21-17-28-18(2)25-21)24-14-20-11-13-27(15-20)12-10-19-8-6-5-7-9-19/h5-9,17,20H,4,10-16H2,1-3H3,(H,23,24). The van der Waals surface area contributed by atoms with Gasteiger partial charge >= 0.3 is 0 Å². The van der Waals surface area contributed by atoms with Crippen molar-refractivity contribution in [3.63, 3.8) is 0 Å². The van der Waals surface area contributed by atoms with Crippen LogP contribution in [-0.4, -0.2) is 60.5 Å². The molecule has 1 aromatic carbocycles. The maximum atomic E-state index is 4.93. The molecule has 28 heavy (non-hydrogen) atoms. The van der Waals surface area contributed by atoms with Crippen LogP contribution in [0.1, 0.15) is 29.6 Å². The molecular weight excluding hydrogens is 366 g/mol. The van der Waals surface area contributed by atoms with Crippen LogP contribution in [0.5, 0.6) is 0 Å². The molecule has 0 spiro atoms. The minimum atomic E-state index is 0.652. The van der Waals surface area contributed by atoms with Crippen molar-refractivity contribution in [1.29, 1.82) is 0 Å². The quantitative estimate of drug-likeness (QED) is 0.546. The van der Waals surface area contributed by atoms with E-state index in [0.717, 1.165) is 55.8 Å². The third-order valence-corrected chi connectivity index (χ3v) is 6.01. The van der Waals surface area contributed by atoms with Crippen molar-refractivity contribution in [2.75, 3.05) is 39.8 Å². The third kappa shape index (κ3) is 6.31. The van der Waals surface area contributed by atoms with Crippen LogP contribution >= 0.6 is 11.3 Å². The van der Waals surface area contributed by atoms with Crippen molar-refractivity contribution in [1.82, 2.24) is 20.1 Å². The predicted octanol–water partition coefficient (Wildman–Crippen LogP) is 3.41. The first kappa shape index (κ1) is 20.8. The Hall–Kier alpha value is -1.92. The zero-order chi connectivity index (χ0) is 19.8. The highest BCUT2D eigenvalue weighted by Gasteiger charge is 2.22. The van der Waals surface area contributed by atoms with Gasteiger partial charge in [0.25, 0.3) is 0 Å². The van der Waals surface area contributed by atoms with Crippen molar-refractivity contribution in [2.45, 2.75) is 33.2 Å². The maximum absolute atomic E-state index is 4.93. The van der Waals surface area contributed by atoms with Crippen LogP contribution in [-0.2, 0) is 13.0 Å². The summed E-state index contributed by atoms with van der Waals surface area (Å²) in [5, 5.41) is 6.68. The lowest BCUT2D eigenvalue weighted by Gasteiger charge is -2.22. The number of hydrogen-bond donors (Lipinski definition) is 1. The SMILES string of the molecule is CCNC(=NCC1CCN(CCc2ccccc2)C1)N(C)Cc1csc(C)n1. The van der Waals surface area contributed by atoms with E-state index < -0.39 is 0 Å². The maximum Gasteiger partial charge on any atom is 0.194 e. The van der Waals surface area contributed by atoms with Crippen LogP contribution in [0, 0.1) is 12.8 Å². The second kappa shape index (κ2) is 10.6. The van der Waals surface area contributed by atoms with Crippen LogP contribution in [0.15, 0.2) is 40.7 Å². The summed E-state index contributed by atoms with van der Waals surface area (Å²) >= 11 is 1.70. The molecule has 0 bridgehead atoms. The van der Waals surface area contributed by atoms with E-state index in [9.17, 15) is 0 Å². The summed E-state index contributed by atoms with van der Waals surface area (Å²) in [7, 11) is 2.09. The zero-order valence-corrected chi connectivity index (χ0v) is 18.2. The molecule has 0 amide bonds. The van der Waals surface area contributed by atoms with Gasteiger partial charge in [0.15, 0.2) is 5.96 Å². The Balaban J connectivity index is 1.47. The van der Waals surface area contributed by atoms with E-state index in [2.05, 4.69) is 76.7 Å². The van der Waals surface area contributed by atoms with Crippen molar-refractivity contribution in [3.05, 3.63) is 52.0 Å². The van der Waals surface area contributed by atoms with Gasteiger partial charge in [-0.05, 0) is 44.7 Å². The van der Waals surface area contributed by atoms with Crippen LogP contribution in [0.3, 0.4) is 0 Å².